The van der Waals surface area contributed by atoms with E-state index in [0.29, 0.717) is 6.10 Å². The average Bonchev–Trinajstić information content (AvgIpc) is 2.59. The van der Waals surface area contributed by atoms with E-state index in [4.69, 9.17) is 4.74 Å². The van der Waals surface area contributed by atoms with Crippen molar-refractivity contribution in [3.8, 4) is 0 Å². The molecule has 0 atom stereocenters. The van der Waals surface area contributed by atoms with Gasteiger partial charge in [-0.25, -0.2) is 0 Å². The molecule has 2 fully saturated rings. The van der Waals surface area contributed by atoms with Crippen molar-refractivity contribution in [1.82, 2.24) is 0 Å². The van der Waals surface area contributed by atoms with Gasteiger partial charge in [0, 0.05) is 0 Å². The third-order valence-electron chi connectivity index (χ3n) is 6.18. The molecule has 0 heterocycles. The molecule has 2 aliphatic rings. The van der Waals surface area contributed by atoms with Crippen LogP contribution in [-0.2, 0) is 4.74 Å². The van der Waals surface area contributed by atoms with Gasteiger partial charge >= 0.3 is 0 Å². The Morgan fingerprint density at radius 3 is 2.09 bits per heavy atom. The summed E-state index contributed by atoms with van der Waals surface area (Å²) < 4.78 is 6.09. The Kier molecular flexibility index (Phi) is 9.34. The molecule has 0 aromatic heterocycles. The maximum absolute atomic E-state index is 6.09. The molecule has 0 amide bonds. The summed E-state index contributed by atoms with van der Waals surface area (Å²) >= 11 is 0. The van der Waals surface area contributed by atoms with Crippen LogP contribution in [0.5, 0.6) is 0 Å². The number of unbranched alkanes of at least 4 members (excludes halogenated alkanes) is 1. The maximum atomic E-state index is 6.09. The first kappa shape index (κ1) is 19.0. The van der Waals surface area contributed by atoms with Crippen LogP contribution in [0.2, 0.25) is 0 Å². The molecule has 0 unspecified atom stereocenters. The van der Waals surface area contributed by atoms with E-state index in [1.165, 1.54) is 83.5 Å². The number of allylic oxidation sites excluding steroid dienone is 1. The SMILES string of the molecule is CCCCC1CCC(/C=C/COC2CCC(CCC)CC2)CC1. The molecule has 0 saturated heterocycles. The van der Waals surface area contributed by atoms with Crippen molar-refractivity contribution < 1.29 is 4.74 Å². The first-order valence-corrected chi connectivity index (χ1v) is 10.6. The molecular weight excluding hydrogens is 280 g/mol. The monoisotopic (exact) mass is 320 g/mol. The molecule has 2 aliphatic carbocycles. The number of rotatable bonds is 9. The molecule has 1 nitrogen and oxygen atoms in total. The summed E-state index contributed by atoms with van der Waals surface area (Å²) in [6.45, 7) is 5.47. The minimum Gasteiger partial charge on any atom is -0.374 e. The molecule has 0 spiro atoms. The van der Waals surface area contributed by atoms with Crippen molar-refractivity contribution in [2.45, 2.75) is 103 Å². The predicted octanol–water partition coefficient (Wildman–Crippen LogP) is 6.91. The Morgan fingerprint density at radius 2 is 1.43 bits per heavy atom. The smallest absolute Gasteiger partial charge is 0.0651 e. The van der Waals surface area contributed by atoms with Crippen LogP contribution >= 0.6 is 0 Å². The maximum Gasteiger partial charge on any atom is 0.0651 e. The lowest BCUT2D eigenvalue weighted by molar-refractivity contribution is 0.0333. The zero-order chi connectivity index (χ0) is 16.3. The molecule has 0 aliphatic heterocycles. The summed E-state index contributed by atoms with van der Waals surface area (Å²) in [6, 6.07) is 0. The zero-order valence-electron chi connectivity index (χ0n) is 15.8. The van der Waals surface area contributed by atoms with Gasteiger partial charge < -0.3 is 4.74 Å². The van der Waals surface area contributed by atoms with Crippen molar-refractivity contribution in [3.63, 3.8) is 0 Å². The van der Waals surface area contributed by atoms with E-state index in [-0.39, 0.29) is 0 Å². The largest absolute Gasteiger partial charge is 0.374 e. The third kappa shape index (κ3) is 7.42. The normalized spacial score (nSPS) is 32.4. The zero-order valence-corrected chi connectivity index (χ0v) is 15.8. The summed E-state index contributed by atoms with van der Waals surface area (Å²) in [5, 5.41) is 0. The Bertz CT molecular complexity index is 306. The summed E-state index contributed by atoms with van der Waals surface area (Å²) in [6.07, 6.45) is 23.4. The van der Waals surface area contributed by atoms with Crippen LogP contribution in [0.1, 0.15) is 97.3 Å². The average molecular weight is 321 g/mol. The number of hydrogen-bond acceptors (Lipinski definition) is 1. The minimum atomic E-state index is 0.539. The van der Waals surface area contributed by atoms with Gasteiger partial charge in [-0.3, -0.25) is 0 Å². The van der Waals surface area contributed by atoms with E-state index in [0.717, 1.165) is 24.4 Å². The molecule has 0 radical (unpaired) electrons. The van der Waals surface area contributed by atoms with Crippen LogP contribution in [0.3, 0.4) is 0 Å². The Hall–Kier alpha value is -0.300. The standard InChI is InChI=1S/C22H40O/c1-3-5-8-20-10-12-21(13-11-20)9-6-18-23-22-16-14-19(7-4-2)15-17-22/h6,9,19-22H,3-5,7-8,10-18H2,1-2H3/b9-6+. The molecule has 134 valence electrons. The van der Waals surface area contributed by atoms with E-state index in [2.05, 4.69) is 26.0 Å². The highest BCUT2D eigenvalue weighted by Gasteiger charge is 2.21. The summed E-state index contributed by atoms with van der Waals surface area (Å²) in [5.41, 5.74) is 0. The van der Waals surface area contributed by atoms with Gasteiger partial charge in [0.05, 0.1) is 12.7 Å². The highest BCUT2D eigenvalue weighted by Crippen LogP contribution is 2.32. The first-order valence-electron chi connectivity index (χ1n) is 10.6. The van der Waals surface area contributed by atoms with Gasteiger partial charge in [0.25, 0.3) is 0 Å². The molecule has 0 bridgehead atoms. The van der Waals surface area contributed by atoms with Crippen molar-refractivity contribution >= 4 is 0 Å². The quantitative estimate of drug-likeness (QED) is 0.419. The van der Waals surface area contributed by atoms with Crippen LogP contribution in [0, 0.1) is 17.8 Å². The second kappa shape index (κ2) is 11.3. The molecule has 23 heavy (non-hydrogen) atoms. The predicted molar refractivity (Wildman–Crippen MR) is 101 cm³/mol. The molecule has 2 saturated carbocycles. The van der Waals surface area contributed by atoms with Gasteiger partial charge in [0.1, 0.15) is 0 Å². The van der Waals surface area contributed by atoms with Gasteiger partial charge in [-0.15, -0.1) is 0 Å². The molecular formula is C22H40O. The fraction of sp³-hybridized carbons (Fsp3) is 0.909. The summed E-state index contributed by atoms with van der Waals surface area (Å²) in [5.74, 6) is 2.84. The summed E-state index contributed by atoms with van der Waals surface area (Å²) in [7, 11) is 0. The van der Waals surface area contributed by atoms with Crippen LogP contribution in [-0.4, -0.2) is 12.7 Å². The second-order valence-corrected chi connectivity index (χ2v) is 8.12. The van der Waals surface area contributed by atoms with Crippen LogP contribution in [0.15, 0.2) is 12.2 Å². The van der Waals surface area contributed by atoms with E-state index < -0.39 is 0 Å². The first-order chi connectivity index (χ1) is 11.3. The molecule has 0 aromatic carbocycles. The molecule has 0 aromatic rings. The van der Waals surface area contributed by atoms with E-state index >= 15 is 0 Å². The van der Waals surface area contributed by atoms with Crippen molar-refractivity contribution in [2.24, 2.45) is 17.8 Å². The highest BCUT2D eigenvalue weighted by atomic mass is 16.5. The van der Waals surface area contributed by atoms with Gasteiger partial charge in [-0.2, -0.15) is 0 Å². The summed E-state index contributed by atoms with van der Waals surface area (Å²) in [4.78, 5) is 0. The van der Waals surface area contributed by atoms with Gasteiger partial charge in [-0.05, 0) is 69.1 Å². The topological polar surface area (TPSA) is 9.23 Å². The number of ether oxygens (including phenoxy) is 1. The lowest BCUT2D eigenvalue weighted by Crippen LogP contribution is -2.21. The van der Waals surface area contributed by atoms with Crippen molar-refractivity contribution in [3.05, 3.63) is 12.2 Å². The van der Waals surface area contributed by atoms with Gasteiger partial charge in [-0.1, -0.05) is 58.1 Å². The van der Waals surface area contributed by atoms with Crippen LogP contribution < -0.4 is 0 Å². The fourth-order valence-electron chi connectivity index (χ4n) is 4.60. The van der Waals surface area contributed by atoms with Crippen molar-refractivity contribution in [2.75, 3.05) is 6.61 Å². The van der Waals surface area contributed by atoms with E-state index in [1.807, 2.05) is 0 Å². The molecule has 1 heteroatoms. The molecule has 2 rings (SSSR count). The lowest BCUT2D eigenvalue weighted by Gasteiger charge is -2.28. The van der Waals surface area contributed by atoms with E-state index in [9.17, 15) is 0 Å². The highest BCUT2D eigenvalue weighted by molar-refractivity contribution is 4.91. The Labute approximate surface area is 145 Å². The van der Waals surface area contributed by atoms with Crippen LogP contribution in [0.4, 0.5) is 0 Å². The molecule has 0 N–H and O–H groups in total. The number of hydrogen-bond donors (Lipinski definition) is 0. The van der Waals surface area contributed by atoms with Gasteiger partial charge in [0.2, 0.25) is 0 Å². The van der Waals surface area contributed by atoms with Crippen molar-refractivity contribution in [1.29, 1.82) is 0 Å². The third-order valence-corrected chi connectivity index (χ3v) is 6.18. The fourth-order valence-corrected chi connectivity index (χ4v) is 4.60. The second-order valence-electron chi connectivity index (χ2n) is 8.12. The van der Waals surface area contributed by atoms with Gasteiger partial charge in [0.15, 0.2) is 0 Å². The Morgan fingerprint density at radius 1 is 0.783 bits per heavy atom. The van der Waals surface area contributed by atoms with Crippen LogP contribution in [0.25, 0.3) is 0 Å². The minimum absolute atomic E-state index is 0.539. The Balaban J connectivity index is 1.52. The van der Waals surface area contributed by atoms with E-state index in [1.54, 1.807) is 0 Å². The lowest BCUT2D eigenvalue weighted by atomic mass is 9.80.